The van der Waals surface area contributed by atoms with Crippen molar-refractivity contribution in [2.75, 3.05) is 18.8 Å². The first-order valence-electron chi connectivity index (χ1n) is 9.96. The zero-order valence-corrected chi connectivity index (χ0v) is 16.8. The lowest BCUT2D eigenvalue weighted by Gasteiger charge is -2.31. The van der Waals surface area contributed by atoms with Crippen molar-refractivity contribution in [2.45, 2.75) is 25.6 Å². The molecule has 9 heteroatoms. The largest absolute Gasteiger partial charge is 0.416 e. The summed E-state index contributed by atoms with van der Waals surface area (Å²) in [5, 5.41) is 0.626. The van der Waals surface area contributed by atoms with Gasteiger partial charge in [-0.3, -0.25) is 4.79 Å². The predicted molar refractivity (Wildman–Crippen MR) is 112 cm³/mol. The van der Waals surface area contributed by atoms with E-state index in [4.69, 9.17) is 5.73 Å². The lowest BCUT2D eigenvalue weighted by atomic mass is 9.96. The summed E-state index contributed by atoms with van der Waals surface area (Å²) >= 11 is 0. The zero-order chi connectivity index (χ0) is 22.2. The lowest BCUT2D eigenvalue weighted by Crippen LogP contribution is -2.38. The van der Waals surface area contributed by atoms with E-state index in [1.54, 1.807) is 4.90 Å². The maximum atomic E-state index is 12.9. The van der Waals surface area contributed by atoms with Crippen LogP contribution in [-0.2, 0) is 17.5 Å². The van der Waals surface area contributed by atoms with Crippen LogP contribution >= 0.6 is 0 Å². The quantitative estimate of drug-likeness (QED) is 0.633. The molecule has 0 saturated carbocycles. The fourth-order valence-corrected chi connectivity index (χ4v) is 4.09. The number of fused-ring (bicyclic) bond motifs is 1. The number of benzene rings is 1. The highest BCUT2D eigenvalue weighted by atomic mass is 19.4. The van der Waals surface area contributed by atoms with Crippen LogP contribution in [0.4, 0.5) is 19.0 Å². The fourth-order valence-electron chi connectivity index (χ4n) is 4.09. The van der Waals surface area contributed by atoms with Crippen LogP contribution in [0.5, 0.6) is 0 Å². The number of aromatic nitrogens is 3. The molecule has 6 nitrogen and oxygen atoms in total. The Kier molecular flexibility index (Phi) is 5.43. The van der Waals surface area contributed by atoms with E-state index < -0.39 is 11.7 Å². The zero-order valence-electron chi connectivity index (χ0n) is 16.8. The number of halogens is 3. The second-order valence-electron chi connectivity index (χ2n) is 7.70. The molecule has 162 valence electrons. The second kappa shape index (κ2) is 8.05. The van der Waals surface area contributed by atoms with Crippen LogP contribution < -0.4 is 5.73 Å². The van der Waals surface area contributed by atoms with Gasteiger partial charge in [-0.1, -0.05) is 18.7 Å². The number of nitrogens with zero attached hydrogens (tertiary/aromatic N) is 4. The average molecular weight is 429 g/mol. The minimum absolute atomic E-state index is 0.0602. The Bertz CT molecular complexity index is 1110. The number of nitrogens with two attached hydrogens (primary N) is 1. The van der Waals surface area contributed by atoms with Crippen molar-refractivity contribution in [3.05, 3.63) is 55.0 Å². The van der Waals surface area contributed by atoms with Crippen molar-refractivity contribution in [2.24, 2.45) is 5.92 Å². The molecular weight excluding hydrogens is 407 g/mol. The highest BCUT2D eigenvalue weighted by molar-refractivity contribution is 6.00. The summed E-state index contributed by atoms with van der Waals surface area (Å²) in [5.41, 5.74) is 7.36. The Labute approximate surface area is 177 Å². The summed E-state index contributed by atoms with van der Waals surface area (Å²) in [6, 6.07) is 5.00. The summed E-state index contributed by atoms with van der Waals surface area (Å²) in [5.74, 6) is 0.557. The van der Waals surface area contributed by atoms with Crippen molar-refractivity contribution in [3.63, 3.8) is 0 Å². The molecule has 0 bridgehead atoms. The van der Waals surface area contributed by atoms with Crippen molar-refractivity contribution in [1.82, 2.24) is 19.4 Å². The van der Waals surface area contributed by atoms with Gasteiger partial charge < -0.3 is 15.2 Å². The highest BCUT2D eigenvalue weighted by Gasteiger charge is 2.30. The number of amides is 1. The van der Waals surface area contributed by atoms with Crippen molar-refractivity contribution in [3.8, 4) is 11.1 Å². The number of piperidine rings is 1. The van der Waals surface area contributed by atoms with Crippen molar-refractivity contribution in [1.29, 1.82) is 0 Å². The molecule has 0 unspecified atom stereocenters. The van der Waals surface area contributed by atoms with E-state index in [1.807, 2.05) is 10.8 Å². The molecule has 0 spiro atoms. The molecule has 1 aliphatic heterocycles. The second-order valence-corrected chi connectivity index (χ2v) is 7.70. The van der Waals surface area contributed by atoms with E-state index in [0.29, 0.717) is 47.7 Å². The number of anilines is 1. The number of alkyl halides is 3. The predicted octanol–water partition coefficient (Wildman–Crippen LogP) is 4.12. The molecule has 3 aromatic rings. The average Bonchev–Trinajstić information content (AvgIpc) is 3.13. The Morgan fingerprint density at radius 1 is 1.19 bits per heavy atom. The van der Waals surface area contributed by atoms with Gasteiger partial charge in [0.2, 0.25) is 5.91 Å². The molecule has 1 aliphatic rings. The first kappa shape index (κ1) is 20.9. The number of likely N-dealkylation sites (tertiary alicyclic amines) is 1. The van der Waals surface area contributed by atoms with Crippen LogP contribution in [0.25, 0.3) is 22.2 Å². The van der Waals surface area contributed by atoms with E-state index in [9.17, 15) is 18.0 Å². The molecule has 1 saturated heterocycles. The van der Waals surface area contributed by atoms with Gasteiger partial charge >= 0.3 is 6.18 Å². The van der Waals surface area contributed by atoms with Crippen LogP contribution in [0.2, 0.25) is 0 Å². The molecule has 31 heavy (non-hydrogen) atoms. The van der Waals surface area contributed by atoms with Crippen LogP contribution in [0.3, 0.4) is 0 Å². The number of carbonyl (C=O) groups excluding carboxylic acids is 1. The fraction of sp³-hybridized carbons (Fsp3) is 0.318. The normalized spacial score (nSPS) is 15.4. The van der Waals surface area contributed by atoms with Gasteiger partial charge in [0, 0.05) is 31.4 Å². The van der Waals surface area contributed by atoms with Gasteiger partial charge in [-0.05, 0) is 42.5 Å². The first-order valence-corrected chi connectivity index (χ1v) is 9.96. The molecule has 4 rings (SSSR count). The topological polar surface area (TPSA) is 77.0 Å². The monoisotopic (exact) mass is 429 g/mol. The van der Waals surface area contributed by atoms with Crippen molar-refractivity contribution < 1.29 is 18.0 Å². The van der Waals surface area contributed by atoms with Gasteiger partial charge in [0.05, 0.1) is 10.9 Å². The Morgan fingerprint density at radius 3 is 2.48 bits per heavy atom. The molecule has 1 fully saturated rings. The molecule has 1 amide bonds. The molecular formula is C22H22F3N5O. The van der Waals surface area contributed by atoms with E-state index >= 15 is 0 Å². The Morgan fingerprint density at radius 2 is 1.87 bits per heavy atom. The first-order chi connectivity index (χ1) is 14.8. The van der Waals surface area contributed by atoms with Crippen LogP contribution in [0.15, 0.2) is 49.4 Å². The molecule has 1 aromatic carbocycles. The number of carbonyl (C=O) groups is 1. The van der Waals surface area contributed by atoms with E-state index in [1.165, 1.54) is 24.5 Å². The van der Waals surface area contributed by atoms with Gasteiger partial charge in [-0.15, -0.1) is 0 Å². The van der Waals surface area contributed by atoms with Gasteiger partial charge in [-0.25, -0.2) is 9.97 Å². The maximum absolute atomic E-state index is 12.9. The molecule has 0 atom stereocenters. The molecule has 2 aromatic heterocycles. The summed E-state index contributed by atoms with van der Waals surface area (Å²) in [6.07, 6.45) is 1.88. The van der Waals surface area contributed by atoms with Gasteiger partial charge in [0.1, 0.15) is 17.8 Å². The minimum atomic E-state index is -4.39. The van der Waals surface area contributed by atoms with E-state index in [-0.39, 0.29) is 11.7 Å². The summed E-state index contributed by atoms with van der Waals surface area (Å²) in [6.45, 7) is 5.53. The SMILES string of the molecule is C=CC(=O)N1CCC(Cn2cc(-c3ccc(C(F)(F)F)cc3)c3c(N)ncnc32)CC1. The molecule has 0 aliphatic carbocycles. The van der Waals surface area contributed by atoms with Crippen LogP contribution in [-0.4, -0.2) is 38.4 Å². The number of hydrogen-bond acceptors (Lipinski definition) is 4. The summed E-state index contributed by atoms with van der Waals surface area (Å²) in [4.78, 5) is 22.0. The third-order valence-electron chi connectivity index (χ3n) is 5.76. The number of hydrogen-bond donors (Lipinski definition) is 1. The third kappa shape index (κ3) is 4.12. The van der Waals surface area contributed by atoms with E-state index in [0.717, 1.165) is 25.0 Å². The van der Waals surface area contributed by atoms with E-state index in [2.05, 4.69) is 16.5 Å². The van der Waals surface area contributed by atoms with Crippen LogP contribution in [0, 0.1) is 5.92 Å². The Balaban J connectivity index is 1.64. The number of nitrogen functional groups attached to an aromatic ring is 1. The van der Waals surface area contributed by atoms with Gasteiger partial charge in [0.15, 0.2) is 0 Å². The molecule has 0 radical (unpaired) electrons. The standard InChI is InChI=1S/C22H22F3N5O/c1-2-18(31)29-9-7-14(8-10-29)11-30-12-17(19-20(26)27-13-28-21(19)30)15-3-5-16(6-4-15)22(23,24)25/h2-6,12-14H,1,7-11H2,(H2,26,27,28). The Hall–Kier alpha value is -3.36. The third-order valence-corrected chi connectivity index (χ3v) is 5.76. The lowest BCUT2D eigenvalue weighted by molar-refractivity contribution is -0.137. The molecule has 3 heterocycles. The van der Waals surface area contributed by atoms with Crippen molar-refractivity contribution >= 4 is 22.8 Å². The van der Waals surface area contributed by atoms with Gasteiger partial charge in [0.25, 0.3) is 0 Å². The summed E-state index contributed by atoms with van der Waals surface area (Å²) < 4.78 is 40.8. The number of rotatable bonds is 4. The van der Waals surface area contributed by atoms with Crippen LogP contribution in [0.1, 0.15) is 18.4 Å². The minimum Gasteiger partial charge on any atom is -0.383 e. The summed E-state index contributed by atoms with van der Waals surface area (Å²) in [7, 11) is 0. The highest BCUT2D eigenvalue weighted by Crippen LogP contribution is 2.36. The maximum Gasteiger partial charge on any atom is 0.416 e. The molecule has 2 N–H and O–H groups in total. The van der Waals surface area contributed by atoms with Gasteiger partial charge in [-0.2, -0.15) is 13.2 Å². The smallest absolute Gasteiger partial charge is 0.383 e.